The second-order valence-corrected chi connectivity index (χ2v) is 7.71. The van der Waals surface area contributed by atoms with Crippen LogP contribution in [0.4, 0.5) is 5.69 Å². The Labute approximate surface area is 190 Å². The Balaban J connectivity index is 1.92. The van der Waals surface area contributed by atoms with E-state index in [9.17, 15) is 19.7 Å². The van der Waals surface area contributed by atoms with E-state index >= 15 is 0 Å². The maximum absolute atomic E-state index is 13.5. The highest BCUT2D eigenvalue weighted by molar-refractivity contribution is 6.09. The van der Waals surface area contributed by atoms with Crippen molar-refractivity contribution in [1.29, 1.82) is 0 Å². The molecule has 0 saturated heterocycles. The summed E-state index contributed by atoms with van der Waals surface area (Å²) in [4.78, 5) is 46.2. The summed E-state index contributed by atoms with van der Waals surface area (Å²) in [5, 5.41) is 13.8. The SMILES string of the molecule is CCOC(=O)c1cnc2n3c4cccc5cccc(nc-3c3ccc([N+](=O)[O-])cc3n2c1=O)c54. The van der Waals surface area contributed by atoms with Gasteiger partial charge in [-0.15, -0.1) is 0 Å². The van der Waals surface area contributed by atoms with Crippen LogP contribution in [-0.4, -0.2) is 36.4 Å². The van der Waals surface area contributed by atoms with Gasteiger partial charge in [0.05, 0.1) is 34.3 Å². The highest BCUT2D eigenvalue weighted by atomic mass is 16.6. The molecule has 0 amide bonds. The summed E-state index contributed by atoms with van der Waals surface area (Å²) in [6, 6.07) is 15.7. The third-order valence-electron chi connectivity index (χ3n) is 5.85. The van der Waals surface area contributed by atoms with E-state index in [1.165, 1.54) is 22.7 Å². The van der Waals surface area contributed by atoms with Crippen molar-refractivity contribution in [2.45, 2.75) is 6.92 Å². The zero-order chi connectivity index (χ0) is 23.6. The van der Waals surface area contributed by atoms with E-state index in [1.54, 1.807) is 17.6 Å². The van der Waals surface area contributed by atoms with E-state index in [0.717, 1.165) is 21.8 Å². The van der Waals surface area contributed by atoms with Gasteiger partial charge in [-0.05, 0) is 30.5 Å². The number of hydrogen-bond donors (Lipinski definition) is 0. The van der Waals surface area contributed by atoms with Gasteiger partial charge < -0.3 is 4.74 Å². The Bertz CT molecular complexity index is 1850. The molecule has 166 valence electrons. The summed E-state index contributed by atoms with van der Waals surface area (Å²) in [6.07, 6.45) is 1.17. The second kappa shape index (κ2) is 7.07. The fourth-order valence-corrected chi connectivity index (χ4v) is 4.42. The van der Waals surface area contributed by atoms with E-state index in [4.69, 9.17) is 9.72 Å². The smallest absolute Gasteiger partial charge is 0.345 e. The predicted molar refractivity (Wildman–Crippen MR) is 125 cm³/mol. The number of non-ortho nitro benzene ring substituents is 1. The molecule has 0 fully saturated rings. The standard InChI is InChI=1S/C24H15N5O5/c1-2-34-23(31)16-12-25-24-27-18-8-4-6-13-5-3-7-17(20(13)18)26-21(27)15-10-9-14(29(32)33)11-19(15)28(24)22(16)30/h3-12H,2H2,1H3. The van der Waals surface area contributed by atoms with Crippen LogP contribution in [0.25, 0.3) is 44.3 Å². The number of aromatic nitrogens is 4. The molecule has 0 N–H and O–H groups in total. The third-order valence-corrected chi connectivity index (χ3v) is 5.85. The summed E-state index contributed by atoms with van der Waals surface area (Å²) in [7, 11) is 0. The lowest BCUT2D eigenvalue weighted by Gasteiger charge is -2.20. The first kappa shape index (κ1) is 19.8. The van der Waals surface area contributed by atoms with Crippen molar-refractivity contribution in [3.63, 3.8) is 0 Å². The molecule has 10 nitrogen and oxygen atoms in total. The van der Waals surface area contributed by atoms with Crippen molar-refractivity contribution >= 4 is 50.1 Å². The first-order valence-corrected chi connectivity index (χ1v) is 10.5. The highest BCUT2D eigenvalue weighted by Gasteiger charge is 2.24. The van der Waals surface area contributed by atoms with Gasteiger partial charge in [-0.2, -0.15) is 0 Å². The van der Waals surface area contributed by atoms with Crippen molar-refractivity contribution < 1.29 is 14.5 Å². The number of fused-ring (bicyclic) bond motifs is 7. The van der Waals surface area contributed by atoms with Crippen molar-refractivity contribution in [3.05, 3.63) is 86.8 Å². The average molecular weight is 453 g/mol. The molecular formula is C24H15N5O5. The Hall–Kier alpha value is -4.86. The number of hydrogen-bond acceptors (Lipinski definition) is 7. The maximum atomic E-state index is 13.5. The quantitative estimate of drug-likeness (QED) is 0.131. The molecule has 0 unspecified atom stereocenters. The number of ether oxygens (including phenoxy) is 1. The number of rotatable bonds is 3. The zero-order valence-electron chi connectivity index (χ0n) is 17.8. The molecule has 0 spiro atoms. The molecule has 2 aliphatic rings. The lowest BCUT2D eigenvalue weighted by atomic mass is 10.1. The van der Waals surface area contributed by atoms with Crippen molar-refractivity contribution in [1.82, 2.24) is 18.9 Å². The first-order valence-electron chi connectivity index (χ1n) is 10.5. The largest absolute Gasteiger partial charge is 0.462 e. The second-order valence-electron chi connectivity index (χ2n) is 7.71. The van der Waals surface area contributed by atoms with Crippen molar-refractivity contribution in [3.8, 4) is 5.82 Å². The number of nitrogens with zero attached hydrogens (tertiary/aromatic N) is 5. The molecule has 0 bridgehead atoms. The lowest BCUT2D eigenvalue weighted by molar-refractivity contribution is -0.384. The van der Waals surface area contributed by atoms with Crippen LogP contribution in [0.5, 0.6) is 0 Å². The van der Waals surface area contributed by atoms with Crippen LogP contribution in [0, 0.1) is 10.1 Å². The molecule has 1 aromatic heterocycles. The molecule has 34 heavy (non-hydrogen) atoms. The Kier molecular flexibility index (Phi) is 4.12. The van der Waals surface area contributed by atoms with E-state index in [1.807, 2.05) is 36.4 Å². The number of nitro groups is 1. The highest BCUT2D eigenvalue weighted by Crippen LogP contribution is 2.34. The van der Waals surface area contributed by atoms with Crippen LogP contribution in [0.15, 0.2) is 65.6 Å². The first-order chi connectivity index (χ1) is 16.5. The maximum Gasteiger partial charge on any atom is 0.345 e. The van der Waals surface area contributed by atoms with E-state index in [0.29, 0.717) is 11.2 Å². The molecule has 2 aliphatic heterocycles. The number of esters is 1. The van der Waals surface area contributed by atoms with Gasteiger partial charge in [-0.1, -0.05) is 24.3 Å². The van der Waals surface area contributed by atoms with Crippen LogP contribution in [-0.2, 0) is 4.74 Å². The minimum atomic E-state index is -0.812. The molecule has 0 saturated carbocycles. The monoisotopic (exact) mass is 453 g/mol. The van der Waals surface area contributed by atoms with Gasteiger partial charge in [0.15, 0.2) is 0 Å². The molecule has 6 rings (SSSR count). The Morgan fingerprint density at radius 3 is 2.68 bits per heavy atom. The van der Waals surface area contributed by atoms with Crippen molar-refractivity contribution in [2.24, 2.45) is 0 Å². The number of benzene rings is 3. The fourth-order valence-electron chi connectivity index (χ4n) is 4.42. The van der Waals surface area contributed by atoms with Gasteiger partial charge in [-0.25, -0.2) is 19.2 Å². The average Bonchev–Trinajstić information content (AvgIpc) is 2.84. The summed E-state index contributed by atoms with van der Waals surface area (Å²) >= 11 is 0. The van der Waals surface area contributed by atoms with E-state index < -0.39 is 16.5 Å². The number of carbonyl (C=O) groups is 1. The van der Waals surface area contributed by atoms with Crippen LogP contribution < -0.4 is 5.56 Å². The molecule has 0 radical (unpaired) electrons. The molecule has 3 heterocycles. The molecule has 4 aromatic rings. The third kappa shape index (κ3) is 2.62. The van der Waals surface area contributed by atoms with E-state index in [2.05, 4.69) is 4.98 Å². The van der Waals surface area contributed by atoms with Gasteiger partial charge in [-0.3, -0.25) is 19.5 Å². The van der Waals surface area contributed by atoms with Gasteiger partial charge in [0.1, 0.15) is 11.4 Å². The zero-order valence-corrected chi connectivity index (χ0v) is 17.8. The summed E-state index contributed by atoms with van der Waals surface area (Å²) in [6.45, 7) is 1.72. The molecule has 10 heteroatoms. The van der Waals surface area contributed by atoms with E-state index in [-0.39, 0.29) is 29.2 Å². The van der Waals surface area contributed by atoms with Gasteiger partial charge in [0.2, 0.25) is 5.78 Å². The minimum Gasteiger partial charge on any atom is -0.462 e. The van der Waals surface area contributed by atoms with Crippen LogP contribution in [0.3, 0.4) is 0 Å². The van der Waals surface area contributed by atoms with Crippen LogP contribution >= 0.6 is 0 Å². The summed E-state index contributed by atoms with van der Waals surface area (Å²) < 4.78 is 7.96. The normalized spacial score (nSPS) is 11.7. The Morgan fingerprint density at radius 1 is 1.12 bits per heavy atom. The lowest BCUT2D eigenvalue weighted by Crippen LogP contribution is -2.27. The van der Waals surface area contributed by atoms with Crippen molar-refractivity contribution in [2.75, 3.05) is 6.61 Å². The Morgan fingerprint density at radius 2 is 1.91 bits per heavy atom. The van der Waals surface area contributed by atoms with Gasteiger partial charge in [0, 0.05) is 22.9 Å². The van der Waals surface area contributed by atoms with Gasteiger partial charge >= 0.3 is 5.97 Å². The van der Waals surface area contributed by atoms with Gasteiger partial charge in [0.25, 0.3) is 11.2 Å². The summed E-state index contributed by atoms with van der Waals surface area (Å²) in [5.74, 6) is -0.161. The predicted octanol–water partition coefficient (Wildman–Crippen LogP) is 3.86. The topological polar surface area (TPSA) is 122 Å². The van der Waals surface area contributed by atoms with Crippen LogP contribution in [0.1, 0.15) is 17.3 Å². The molecule has 3 aromatic carbocycles. The minimum absolute atomic E-state index is 0.0871. The molecular weight excluding hydrogens is 438 g/mol. The van der Waals surface area contributed by atoms with Crippen LogP contribution in [0.2, 0.25) is 0 Å². The number of carbonyl (C=O) groups excluding carboxylic acids is 1. The number of nitro benzene ring substituents is 1. The summed E-state index contributed by atoms with van der Waals surface area (Å²) in [5.41, 5.74) is 0.559. The molecule has 0 aliphatic carbocycles. The fraction of sp³-hybridized carbons (Fsp3) is 0.0833. The molecule has 0 atom stereocenters.